The quantitative estimate of drug-likeness (QED) is 0.186. The minimum atomic E-state index is 0.616. The lowest BCUT2D eigenvalue weighted by Gasteiger charge is -2.11. The van der Waals surface area contributed by atoms with E-state index in [0.717, 1.165) is 44.0 Å². The standard InChI is InChI=1S/C47H25N3OS/c1-2-10-28-23-29(22-21-26(28)9-1)45-48-46(33-16-7-19-39-43(33)32-13-3-4-18-38(32)51-39)50-47(49-45)34-17-8-20-40-44(34)37-24-35-30-14-5-11-27-12-6-15-31(42(27)30)36(35)25-41(37)52-40/h1-25H. The molecule has 0 atom stereocenters. The van der Waals surface area contributed by atoms with Gasteiger partial charge in [-0.3, -0.25) is 0 Å². The van der Waals surface area contributed by atoms with Crippen LogP contribution in [0.2, 0.25) is 0 Å². The Bertz CT molecular complexity index is 3310. The fourth-order valence-corrected chi connectivity index (χ4v) is 9.48. The maximum Gasteiger partial charge on any atom is 0.164 e. The third kappa shape index (κ3) is 3.94. The van der Waals surface area contributed by atoms with Gasteiger partial charge in [-0.25, -0.2) is 15.0 Å². The molecular formula is C47H25N3OS. The molecular weight excluding hydrogens is 655 g/mol. The van der Waals surface area contributed by atoms with Gasteiger partial charge in [0.1, 0.15) is 11.2 Å². The average Bonchev–Trinajstić information content (AvgIpc) is 3.87. The van der Waals surface area contributed by atoms with E-state index in [2.05, 4.69) is 121 Å². The number of hydrogen-bond donors (Lipinski definition) is 0. The van der Waals surface area contributed by atoms with Crippen LogP contribution in [0.5, 0.6) is 0 Å². The first-order valence-electron chi connectivity index (χ1n) is 17.4. The third-order valence-electron chi connectivity index (χ3n) is 10.6. The maximum absolute atomic E-state index is 6.30. The molecule has 8 aromatic carbocycles. The Labute approximate surface area is 301 Å². The van der Waals surface area contributed by atoms with Crippen LogP contribution in [0.15, 0.2) is 156 Å². The van der Waals surface area contributed by atoms with Crippen molar-refractivity contribution in [3.8, 4) is 56.4 Å². The van der Waals surface area contributed by atoms with Crippen LogP contribution in [-0.2, 0) is 0 Å². The first kappa shape index (κ1) is 28.1. The van der Waals surface area contributed by atoms with Crippen molar-refractivity contribution in [1.82, 2.24) is 15.0 Å². The lowest BCUT2D eigenvalue weighted by molar-refractivity contribution is 0.669. The summed E-state index contributed by atoms with van der Waals surface area (Å²) >= 11 is 1.83. The van der Waals surface area contributed by atoms with E-state index in [1.807, 2.05) is 41.7 Å². The number of benzene rings is 8. The molecule has 1 aliphatic carbocycles. The van der Waals surface area contributed by atoms with Crippen LogP contribution in [0.25, 0.3) is 120 Å². The molecule has 240 valence electrons. The number of rotatable bonds is 3. The molecule has 0 unspecified atom stereocenters. The highest BCUT2D eigenvalue weighted by Gasteiger charge is 2.25. The maximum atomic E-state index is 6.30. The minimum absolute atomic E-state index is 0.616. The van der Waals surface area contributed by atoms with Crippen molar-refractivity contribution in [2.24, 2.45) is 0 Å². The highest BCUT2D eigenvalue weighted by Crippen LogP contribution is 2.51. The fourth-order valence-electron chi connectivity index (χ4n) is 8.33. The Morgan fingerprint density at radius 1 is 0.365 bits per heavy atom. The van der Waals surface area contributed by atoms with Gasteiger partial charge in [0.05, 0.1) is 0 Å². The van der Waals surface area contributed by atoms with Gasteiger partial charge in [0, 0.05) is 47.6 Å². The van der Waals surface area contributed by atoms with Gasteiger partial charge in [-0.05, 0) is 80.2 Å². The van der Waals surface area contributed by atoms with Crippen LogP contribution < -0.4 is 0 Å². The Morgan fingerprint density at radius 2 is 1.00 bits per heavy atom. The largest absolute Gasteiger partial charge is 0.456 e. The van der Waals surface area contributed by atoms with Crippen molar-refractivity contribution in [3.63, 3.8) is 0 Å². The number of nitrogens with zero attached hydrogens (tertiary/aromatic N) is 3. The number of hydrogen-bond acceptors (Lipinski definition) is 5. The highest BCUT2D eigenvalue weighted by molar-refractivity contribution is 7.26. The van der Waals surface area contributed by atoms with Crippen molar-refractivity contribution in [3.05, 3.63) is 152 Å². The Kier molecular flexibility index (Phi) is 5.62. The van der Waals surface area contributed by atoms with E-state index in [9.17, 15) is 0 Å². The number of aromatic nitrogens is 3. The van der Waals surface area contributed by atoms with Gasteiger partial charge in [-0.1, -0.05) is 115 Å². The van der Waals surface area contributed by atoms with Crippen LogP contribution in [0.4, 0.5) is 0 Å². The Morgan fingerprint density at radius 3 is 1.85 bits per heavy atom. The molecule has 52 heavy (non-hydrogen) atoms. The molecule has 0 spiro atoms. The zero-order valence-electron chi connectivity index (χ0n) is 27.6. The van der Waals surface area contributed by atoms with Crippen LogP contribution >= 0.6 is 11.3 Å². The SMILES string of the molecule is c1ccc2cc(-c3nc(-c4cccc5oc6ccccc6c45)nc(-c4cccc5sc6cc7c(cc6c45)-c4cccc5cccc-7c45)n3)ccc2c1. The van der Waals surface area contributed by atoms with Gasteiger partial charge in [-0.2, -0.15) is 0 Å². The van der Waals surface area contributed by atoms with Crippen molar-refractivity contribution < 1.29 is 4.42 Å². The summed E-state index contributed by atoms with van der Waals surface area (Å²) in [6.45, 7) is 0. The van der Waals surface area contributed by atoms with Gasteiger partial charge in [0.2, 0.25) is 0 Å². The Hall–Kier alpha value is -6.69. The summed E-state index contributed by atoms with van der Waals surface area (Å²) in [5.74, 6) is 1.90. The lowest BCUT2D eigenvalue weighted by Crippen LogP contribution is -2.00. The molecule has 1 aliphatic rings. The summed E-state index contributed by atoms with van der Waals surface area (Å²) in [4.78, 5) is 15.8. The fraction of sp³-hybridized carbons (Fsp3) is 0. The molecule has 12 rings (SSSR count). The minimum Gasteiger partial charge on any atom is -0.456 e. The topological polar surface area (TPSA) is 51.8 Å². The van der Waals surface area contributed by atoms with Crippen LogP contribution in [0.1, 0.15) is 0 Å². The second-order valence-corrected chi connectivity index (χ2v) is 14.6. The summed E-state index contributed by atoms with van der Waals surface area (Å²) in [6.07, 6.45) is 0. The molecule has 4 nitrogen and oxygen atoms in total. The van der Waals surface area contributed by atoms with E-state index in [0.29, 0.717) is 17.5 Å². The van der Waals surface area contributed by atoms with Gasteiger partial charge in [-0.15, -0.1) is 11.3 Å². The van der Waals surface area contributed by atoms with E-state index in [1.165, 1.54) is 58.6 Å². The van der Waals surface area contributed by atoms with Crippen LogP contribution in [0, 0.1) is 0 Å². The molecule has 0 bridgehead atoms. The monoisotopic (exact) mass is 679 g/mol. The van der Waals surface area contributed by atoms with Crippen molar-refractivity contribution >= 4 is 75.0 Å². The molecule has 11 aromatic rings. The van der Waals surface area contributed by atoms with Gasteiger partial charge in [0.15, 0.2) is 17.5 Å². The van der Waals surface area contributed by atoms with E-state index in [-0.39, 0.29) is 0 Å². The third-order valence-corrected chi connectivity index (χ3v) is 11.8. The summed E-state index contributed by atoms with van der Waals surface area (Å²) in [5, 5.41) is 9.36. The van der Waals surface area contributed by atoms with Crippen LogP contribution in [-0.4, -0.2) is 15.0 Å². The number of para-hydroxylation sites is 1. The average molecular weight is 680 g/mol. The first-order valence-corrected chi connectivity index (χ1v) is 18.2. The second-order valence-electron chi connectivity index (χ2n) is 13.5. The molecule has 3 aromatic heterocycles. The zero-order chi connectivity index (χ0) is 33.9. The van der Waals surface area contributed by atoms with E-state index < -0.39 is 0 Å². The number of furan rings is 1. The predicted octanol–water partition coefficient (Wildman–Crippen LogP) is 13.1. The summed E-state index contributed by atoms with van der Waals surface area (Å²) < 4.78 is 8.76. The molecule has 5 heteroatoms. The van der Waals surface area contributed by atoms with Gasteiger partial charge < -0.3 is 4.42 Å². The Balaban J connectivity index is 1.14. The molecule has 0 N–H and O–H groups in total. The smallest absolute Gasteiger partial charge is 0.164 e. The lowest BCUT2D eigenvalue weighted by atomic mass is 9.99. The zero-order valence-corrected chi connectivity index (χ0v) is 28.4. The molecule has 0 amide bonds. The van der Waals surface area contributed by atoms with Gasteiger partial charge in [0.25, 0.3) is 0 Å². The molecule has 0 fully saturated rings. The number of fused-ring (bicyclic) bond motifs is 10. The predicted molar refractivity (Wildman–Crippen MR) is 216 cm³/mol. The van der Waals surface area contributed by atoms with E-state index in [1.54, 1.807) is 0 Å². The normalized spacial score (nSPS) is 12.2. The molecule has 0 saturated carbocycles. The van der Waals surface area contributed by atoms with E-state index in [4.69, 9.17) is 19.4 Å². The van der Waals surface area contributed by atoms with Crippen molar-refractivity contribution in [2.75, 3.05) is 0 Å². The molecule has 0 aliphatic heterocycles. The van der Waals surface area contributed by atoms with E-state index >= 15 is 0 Å². The molecule has 3 heterocycles. The van der Waals surface area contributed by atoms with Crippen LogP contribution in [0.3, 0.4) is 0 Å². The summed E-state index contributed by atoms with van der Waals surface area (Å²) in [7, 11) is 0. The summed E-state index contributed by atoms with van der Waals surface area (Å²) in [6, 6.07) is 53.7. The highest BCUT2D eigenvalue weighted by atomic mass is 32.1. The molecule has 0 radical (unpaired) electrons. The first-order chi connectivity index (χ1) is 25.7. The second kappa shape index (κ2) is 10.4. The van der Waals surface area contributed by atoms with Crippen molar-refractivity contribution in [1.29, 1.82) is 0 Å². The summed E-state index contributed by atoms with van der Waals surface area (Å²) in [5.41, 5.74) is 9.69. The number of thiophene rings is 1. The molecule has 0 saturated heterocycles. The van der Waals surface area contributed by atoms with Gasteiger partial charge >= 0.3 is 0 Å². The van der Waals surface area contributed by atoms with Crippen molar-refractivity contribution in [2.45, 2.75) is 0 Å².